The van der Waals surface area contributed by atoms with E-state index in [1.54, 1.807) is 29.2 Å². The van der Waals surface area contributed by atoms with Gasteiger partial charge in [0.25, 0.3) is 5.91 Å². The zero-order chi connectivity index (χ0) is 13.8. The van der Waals surface area contributed by atoms with Gasteiger partial charge in [-0.3, -0.25) is 4.79 Å². The highest BCUT2D eigenvalue weighted by Gasteiger charge is 2.25. The van der Waals surface area contributed by atoms with Gasteiger partial charge in [-0.15, -0.1) is 0 Å². The molecular formula is C14H20N2O3. The van der Waals surface area contributed by atoms with Gasteiger partial charge in [-0.25, -0.2) is 0 Å². The van der Waals surface area contributed by atoms with Crippen molar-refractivity contribution in [3.63, 3.8) is 0 Å². The van der Waals surface area contributed by atoms with E-state index in [9.17, 15) is 4.79 Å². The van der Waals surface area contributed by atoms with Gasteiger partial charge in [-0.05, 0) is 38.1 Å². The summed E-state index contributed by atoms with van der Waals surface area (Å²) in [7, 11) is 0. The second-order valence-electron chi connectivity index (χ2n) is 4.91. The molecule has 104 valence electrons. The second kappa shape index (κ2) is 5.93. The van der Waals surface area contributed by atoms with Crippen molar-refractivity contribution in [2.45, 2.75) is 26.1 Å². The van der Waals surface area contributed by atoms with Crippen LogP contribution in [0.25, 0.3) is 0 Å². The van der Waals surface area contributed by atoms with E-state index >= 15 is 0 Å². The molecule has 1 saturated heterocycles. The van der Waals surface area contributed by atoms with Crippen LogP contribution in [0.3, 0.4) is 0 Å². The van der Waals surface area contributed by atoms with Crippen LogP contribution in [0.5, 0.6) is 5.75 Å². The van der Waals surface area contributed by atoms with E-state index in [0.717, 1.165) is 0 Å². The van der Waals surface area contributed by atoms with E-state index in [4.69, 9.17) is 15.2 Å². The monoisotopic (exact) mass is 264 g/mol. The van der Waals surface area contributed by atoms with Crippen molar-refractivity contribution in [1.82, 2.24) is 4.90 Å². The Labute approximate surface area is 113 Å². The molecular weight excluding hydrogens is 244 g/mol. The first kappa shape index (κ1) is 13.7. The fourth-order valence-electron chi connectivity index (χ4n) is 2.18. The van der Waals surface area contributed by atoms with E-state index < -0.39 is 0 Å². The second-order valence-corrected chi connectivity index (χ2v) is 4.91. The van der Waals surface area contributed by atoms with Gasteiger partial charge in [0, 0.05) is 18.8 Å². The van der Waals surface area contributed by atoms with Crippen LogP contribution in [0.4, 0.5) is 5.69 Å². The molecule has 1 aliphatic rings. The van der Waals surface area contributed by atoms with Gasteiger partial charge in [0.15, 0.2) is 6.61 Å². The molecule has 2 N–H and O–H groups in total. The molecule has 0 aliphatic carbocycles. The van der Waals surface area contributed by atoms with Crippen molar-refractivity contribution < 1.29 is 14.3 Å². The molecule has 1 aromatic rings. The Balaban J connectivity index is 1.85. The average molecular weight is 264 g/mol. The highest BCUT2D eigenvalue weighted by Crippen LogP contribution is 2.14. The fourth-order valence-corrected chi connectivity index (χ4v) is 2.18. The average Bonchev–Trinajstić information content (AvgIpc) is 2.36. The first-order chi connectivity index (χ1) is 9.04. The normalized spacial score (nSPS) is 23.2. The molecule has 2 rings (SSSR count). The summed E-state index contributed by atoms with van der Waals surface area (Å²) < 4.78 is 11.1. The summed E-state index contributed by atoms with van der Waals surface area (Å²) in [4.78, 5) is 13.8. The van der Waals surface area contributed by atoms with Crippen LogP contribution in [-0.4, -0.2) is 42.7 Å². The molecule has 0 saturated carbocycles. The Kier molecular flexibility index (Phi) is 4.27. The minimum Gasteiger partial charge on any atom is -0.484 e. The first-order valence-electron chi connectivity index (χ1n) is 6.46. The lowest BCUT2D eigenvalue weighted by Gasteiger charge is -2.35. The van der Waals surface area contributed by atoms with E-state index in [0.29, 0.717) is 24.5 Å². The summed E-state index contributed by atoms with van der Waals surface area (Å²) in [6, 6.07) is 7.01. The molecule has 1 aromatic carbocycles. The molecule has 1 fully saturated rings. The number of nitrogens with zero attached hydrogens (tertiary/aromatic N) is 1. The number of hydrogen-bond acceptors (Lipinski definition) is 4. The molecule has 19 heavy (non-hydrogen) atoms. The van der Waals surface area contributed by atoms with Crippen LogP contribution in [0.1, 0.15) is 13.8 Å². The number of hydrogen-bond donors (Lipinski definition) is 1. The molecule has 1 heterocycles. The van der Waals surface area contributed by atoms with Crippen LogP contribution in [-0.2, 0) is 9.53 Å². The van der Waals surface area contributed by atoms with Crippen LogP contribution in [0.15, 0.2) is 24.3 Å². The molecule has 0 bridgehead atoms. The maximum Gasteiger partial charge on any atom is 0.260 e. The summed E-state index contributed by atoms with van der Waals surface area (Å²) in [5.74, 6) is 0.635. The van der Waals surface area contributed by atoms with Crippen LogP contribution in [0.2, 0.25) is 0 Å². The zero-order valence-electron chi connectivity index (χ0n) is 11.3. The van der Waals surface area contributed by atoms with Gasteiger partial charge in [0.1, 0.15) is 5.75 Å². The van der Waals surface area contributed by atoms with Crippen molar-refractivity contribution in [3.8, 4) is 5.75 Å². The number of nitrogens with two attached hydrogens (primary N) is 1. The van der Waals surface area contributed by atoms with Crippen molar-refractivity contribution in [3.05, 3.63) is 24.3 Å². The topological polar surface area (TPSA) is 64.8 Å². The Morgan fingerprint density at radius 1 is 1.32 bits per heavy atom. The smallest absolute Gasteiger partial charge is 0.260 e. The minimum absolute atomic E-state index is 0.0150. The number of nitrogen functional groups attached to an aromatic ring is 1. The van der Waals surface area contributed by atoms with Gasteiger partial charge in [0.05, 0.1) is 12.2 Å². The van der Waals surface area contributed by atoms with Crippen molar-refractivity contribution in [2.75, 3.05) is 25.4 Å². The summed E-state index contributed by atoms with van der Waals surface area (Å²) in [5.41, 5.74) is 6.26. The standard InChI is InChI=1S/C14H20N2O3/c1-10-7-16(8-11(2)19-10)14(17)9-18-13-5-3-12(15)4-6-13/h3-6,10-11H,7-9,15H2,1-2H3. The van der Waals surface area contributed by atoms with E-state index in [1.807, 2.05) is 13.8 Å². The van der Waals surface area contributed by atoms with E-state index in [-0.39, 0.29) is 24.7 Å². The van der Waals surface area contributed by atoms with Gasteiger partial charge < -0.3 is 20.1 Å². The fraction of sp³-hybridized carbons (Fsp3) is 0.500. The van der Waals surface area contributed by atoms with Crippen molar-refractivity contribution in [2.24, 2.45) is 0 Å². The molecule has 1 amide bonds. The Morgan fingerprint density at radius 3 is 2.47 bits per heavy atom. The van der Waals surface area contributed by atoms with Gasteiger partial charge >= 0.3 is 0 Å². The quantitative estimate of drug-likeness (QED) is 0.835. The number of carbonyl (C=O) groups is 1. The van der Waals surface area contributed by atoms with Crippen LogP contribution in [0, 0.1) is 0 Å². The summed E-state index contributed by atoms with van der Waals surface area (Å²) in [5, 5.41) is 0. The van der Waals surface area contributed by atoms with E-state index in [2.05, 4.69) is 0 Å². The molecule has 0 aromatic heterocycles. The molecule has 0 radical (unpaired) electrons. The number of benzene rings is 1. The lowest BCUT2D eigenvalue weighted by Crippen LogP contribution is -2.49. The molecule has 2 unspecified atom stereocenters. The highest BCUT2D eigenvalue weighted by molar-refractivity contribution is 5.78. The minimum atomic E-state index is -0.0150. The maximum atomic E-state index is 12.1. The lowest BCUT2D eigenvalue weighted by atomic mass is 10.2. The number of amides is 1. The largest absolute Gasteiger partial charge is 0.484 e. The zero-order valence-corrected chi connectivity index (χ0v) is 11.3. The highest BCUT2D eigenvalue weighted by atomic mass is 16.5. The summed E-state index contributed by atoms with van der Waals surface area (Å²) in [6.07, 6.45) is 0.147. The van der Waals surface area contributed by atoms with Crippen molar-refractivity contribution in [1.29, 1.82) is 0 Å². The molecule has 0 spiro atoms. The molecule has 5 nitrogen and oxygen atoms in total. The molecule has 1 aliphatic heterocycles. The predicted molar refractivity (Wildman–Crippen MR) is 72.9 cm³/mol. The van der Waals surface area contributed by atoms with Crippen LogP contribution < -0.4 is 10.5 Å². The van der Waals surface area contributed by atoms with Crippen molar-refractivity contribution >= 4 is 11.6 Å². The summed E-state index contributed by atoms with van der Waals surface area (Å²) in [6.45, 7) is 5.22. The number of morpholine rings is 1. The molecule has 5 heteroatoms. The number of rotatable bonds is 3. The van der Waals surface area contributed by atoms with Crippen LogP contribution >= 0.6 is 0 Å². The van der Waals surface area contributed by atoms with E-state index in [1.165, 1.54) is 0 Å². The Morgan fingerprint density at radius 2 is 1.89 bits per heavy atom. The van der Waals surface area contributed by atoms with Gasteiger partial charge in [-0.1, -0.05) is 0 Å². The molecule has 2 atom stereocenters. The third kappa shape index (κ3) is 3.86. The predicted octanol–water partition coefficient (Wildman–Crippen LogP) is 1.28. The first-order valence-corrected chi connectivity index (χ1v) is 6.46. The number of ether oxygens (including phenoxy) is 2. The third-order valence-corrected chi connectivity index (χ3v) is 3.01. The Hall–Kier alpha value is -1.75. The van der Waals surface area contributed by atoms with Gasteiger partial charge in [0.2, 0.25) is 0 Å². The lowest BCUT2D eigenvalue weighted by molar-refractivity contribution is -0.145. The Bertz CT molecular complexity index is 423. The summed E-state index contributed by atoms with van der Waals surface area (Å²) >= 11 is 0. The number of carbonyl (C=O) groups excluding carboxylic acids is 1. The van der Waals surface area contributed by atoms with Gasteiger partial charge in [-0.2, -0.15) is 0 Å². The third-order valence-electron chi connectivity index (χ3n) is 3.01. The SMILES string of the molecule is CC1CN(C(=O)COc2ccc(N)cc2)CC(C)O1. The maximum absolute atomic E-state index is 12.1. The number of anilines is 1.